The average molecular weight is 414 g/mol. The van der Waals surface area contributed by atoms with Gasteiger partial charge in [-0.15, -0.1) is 0 Å². The number of hydrogen-bond acceptors (Lipinski definition) is 4. The van der Waals surface area contributed by atoms with Crippen LogP contribution in [0.5, 0.6) is 0 Å². The Labute approximate surface area is 179 Å². The number of hydrazine groups is 1. The second-order valence-electron chi connectivity index (χ2n) is 8.28. The van der Waals surface area contributed by atoms with Gasteiger partial charge in [0.2, 0.25) is 0 Å². The number of nitrogens with zero attached hydrogens (tertiary/aromatic N) is 2. The number of rotatable bonds is 4. The maximum atomic E-state index is 14.3. The van der Waals surface area contributed by atoms with Gasteiger partial charge in [0, 0.05) is 11.8 Å². The summed E-state index contributed by atoms with van der Waals surface area (Å²) in [7, 11) is 4.08. The van der Waals surface area contributed by atoms with Gasteiger partial charge in [0.1, 0.15) is 5.82 Å². The van der Waals surface area contributed by atoms with E-state index in [0.29, 0.717) is 16.1 Å². The largest absolute Gasteiger partial charge is 0.305 e. The molecule has 5 nitrogen and oxygen atoms in total. The number of amides is 1. The molecule has 0 saturated heterocycles. The van der Waals surface area contributed by atoms with Gasteiger partial charge in [-0.25, -0.2) is 4.39 Å². The van der Waals surface area contributed by atoms with Crippen LogP contribution >= 0.6 is 0 Å². The molecule has 0 fully saturated rings. The molecule has 3 aromatic rings. The monoisotopic (exact) mass is 414 g/mol. The molecule has 0 bridgehead atoms. The summed E-state index contributed by atoms with van der Waals surface area (Å²) in [5.74, 6) is -0.960. The van der Waals surface area contributed by atoms with Crippen molar-refractivity contribution in [1.29, 1.82) is 0 Å². The van der Waals surface area contributed by atoms with Crippen LogP contribution in [-0.4, -0.2) is 24.9 Å². The fraction of sp³-hybridized carbons (Fsp3) is 0.200. The standard InChI is InChI=1S/C25H23FN4O/c1-30(2)14-15-8-10-17(11-9-15)23-21(16-6-4-3-5-7-16)24-22-19(25(31)29-28-24)12-18(26)13-20(22)27-23/h3-13,21,23,28H,14H2,1-2H3,(H,29,31). The number of halogens is 1. The minimum Gasteiger partial charge on any atom is -0.305 e. The van der Waals surface area contributed by atoms with Crippen molar-refractivity contribution in [2.24, 2.45) is 4.99 Å². The van der Waals surface area contributed by atoms with E-state index in [4.69, 9.17) is 4.99 Å². The first-order valence-electron chi connectivity index (χ1n) is 10.3. The van der Waals surface area contributed by atoms with E-state index in [0.717, 1.165) is 23.4 Å². The van der Waals surface area contributed by atoms with Gasteiger partial charge in [-0.05, 0) is 42.9 Å². The Morgan fingerprint density at radius 1 is 0.968 bits per heavy atom. The molecule has 6 heteroatoms. The molecule has 1 amide bonds. The molecule has 2 atom stereocenters. The normalized spacial score (nSPS) is 19.4. The van der Waals surface area contributed by atoms with E-state index < -0.39 is 5.82 Å². The van der Waals surface area contributed by atoms with Gasteiger partial charge in [-0.3, -0.25) is 15.2 Å². The first-order chi connectivity index (χ1) is 15.0. The quantitative estimate of drug-likeness (QED) is 0.689. The minimum atomic E-state index is -0.466. The van der Waals surface area contributed by atoms with Gasteiger partial charge in [-0.1, -0.05) is 54.6 Å². The van der Waals surface area contributed by atoms with Crippen molar-refractivity contribution < 1.29 is 9.18 Å². The third kappa shape index (κ3) is 3.49. The minimum absolute atomic E-state index is 0.141. The Morgan fingerprint density at radius 3 is 2.42 bits per heavy atom. The third-order valence-corrected chi connectivity index (χ3v) is 5.79. The van der Waals surface area contributed by atoms with Crippen LogP contribution in [0, 0.1) is 5.82 Å². The maximum Gasteiger partial charge on any atom is 0.270 e. The van der Waals surface area contributed by atoms with Crippen LogP contribution in [0.25, 0.3) is 5.70 Å². The smallest absolute Gasteiger partial charge is 0.270 e. The van der Waals surface area contributed by atoms with Crippen LogP contribution in [0.1, 0.15) is 39.0 Å². The Balaban J connectivity index is 1.72. The number of carbonyl (C=O) groups is 1. The van der Waals surface area contributed by atoms with Crippen LogP contribution < -0.4 is 21.4 Å². The lowest BCUT2D eigenvalue weighted by molar-refractivity contribution is 0.0934. The third-order valence-electron chi connectivity index (χ3n) is 5.79. The van der Waals surface area contributed by atoms with E-state index in [2.05, 4.69) is 52.1 Å². The van der Waals surface area contributed by atoms with Gasteiger partial charge >= 0.3 is 0 Å². The summed E-state index contributed by atoms with van der Waals surface area (Å²) in [5.41, 5.74) is 10.3. The van der Waals surface area contributed by atoms with Crippen LogP contribution in [0.4, 0.5) is 4.39 Å². The highest BCUT2D eigenvalue weighted by Crippen LogP contribution is 2.40. The molecule has 2 N–H and O–H groups in total. The molecular weight excluding hydrogens is 391 g/mol. The van der Waals surface area contributed by atoms with Crippen molar-refractivity contribution in [2.45, 2.75) is 18.5 Å². The summed E-state index contributed by atoms with van der Waals surface area (Å²) in [5, 5.41) is 1.18. The van der Waals surface area contributed by atoms with Crippen molar-refractivity contribution in [3.63, 3.8) is 0 Å². The summed E-state index contributed by atoms with van der Waals surface area (Å²) < 4.78 is 14.3. The molecule has 2 aliphatic heterocycles. The summed E-state index contributed by atoms with van der Waals surface area (Å²) in [6, 6.07) is 20.9. The highest BCUT2D eigenvalue weighted by Gasteiger charge is 2.35. The first kappa shape index (κ1) is 19.5. The molecule has 5 rings (SSSR count). The molecule has 2 heterocycles. The van der Waals surface area contributed by atoms with Gasteiger partial charge in [0.25, 0.3) is 5.91 Å². The van der Waals surface area contributed by atoms with Crippen LogP contribution in [0.3, 0.4) is 0 Å². The Kier molecular flexibility index (Phi) is 4.79. The highest BCUT2D eigenvalue weighted by atomic mass is 19.1. The van der Waals surface area contributed by atoms with Gasteiger partial charge < -0.3 is 10.3 Å². The number of carbonyl (C=O) groups excluding carboxylic acids is 1. The SMILES string of the molecule is CN(C)Cc1ccc(C2N=c3cc(F)cc4c3=C(NNC4=O)C2c2ccccc2)cc1. The topological polar surface area (TPSA) is 56.7 Å². The molecule has 3 aromatic carbocycles. The molecule has 2 unspecified atom stereocenters. The van der Waals surface area contributed by atoms with Gasteiger partial charge in [0.15, 0.2) is 0 Å². The second kappa shape index (κ2) is 7.63. The van der Waals surface area contributed by atoms with E-state index in [9.17, 15) is 9.18 Å². The van der Waals surface area contributed by atoms with E-state index in [1.54, 1.807) is 0 Å². The summed E-state index contributed by atoms with van der Waals surface area (Å²) in [6.07, 6.45) is 0. The highest BCUT2D eigenvalue weighted by molar-refractivity contribution is 5.96. The fourth-order valence-corrected chi connectivity index (χ4v) is 4.49. The van der Waals surface area contributed by atoms with E-state index in [1.807, 2.05) is 32.3 Å². The zero-order valence-corrected chi connectivity index (χ0v) is 17.4. The average Bonchev–Trinajstić information content (AvgIpc) is 2.76. The summed E-state index contributed by atoms with van der Waals surface area (Å²) in [4.78, 5) is 19.5. The second-order valence-corrected chi connectivity index (χ2v) is 8.28. The van der Waals surface area contributed by atoms with Crippen molar-refractivity contribution in [3.05, 3.63) is 105 Å². The van der Waals surface area contributed by atoms with E-state index in [-0.39, 0.29) is 17.9 Å². The molecule has 0 saturated carbocycles. The number of hydrogen-bond donors (Lipinski definition) is 2. The van der Waals surface area contributed by atoms with Gasteiger partial charge in [0.05, 0.1) is 28.6 Å². The lowest BCUT2D eigenvalue weighted by atomic mass is 9.81. The number of nitrogens with one attached hydrogen (secondary N) is 2. The van der Waals surface area contributed by atoms with Crippen molar-refractivity contribution >= 4 is 11.6 Å². The van der Waals surface area contributed by atoms with Crippen molar-refractivity contribution in [1.82, 2.24) is 15.8 Å². The predicted octanol–water partition coefficient (Wildman–Crippen LogP) is 2.40. The molecule has 2 aliphatic rings. The summed E-state index contributed by atoms with van der Waals surface area (Å²) >= 11 is 0. The lowest BCUT2D eigenvalue weighted by Crippen LogP contribution is -2.54. The zero-order valence-electron chi connectivity index (χ0n) is 17.4. The molecule has 0 aromatic heterocycles. The predicted molar refractivity (Wildman–Crippen MR) is 117 cm³/mol. The van der Waals surface area contributed by atoms with Crippen LogP contribution in [-0.2, 0) is 6.54 Å². The molecule has 0 radical (unpaired) electrons. The fourth-order valence-electron chi connectivity index (χ4n) is 4.49. The maximum absolute atomic E-state index is 14.3. The first-order valence-corrected chi connectivity index (χ1v) is 10.3. The molecule has 0 aliphatic carbocycles. The van der Waals surface area contributed by atoms with Gasteiger partial charge in [-0.2, -0.15) is 0 Å². The van der Waals surface area contributed by atoms with E-state index >= 15 is 0 Å². The molecule has 0 spiro atoms. The van der Waals surface area contributed by atoms with E-state index in [1.165, 1.54) is 17.7 Å². The van der Waals surface area contributed by atoms with Crippen molar-refractivity contribution in [3.8, 4) is 0 Å². The Bertz CT molecular complexity index is 1270. The zero-order chi connectivity index (χ0) is 21.5. The molecule has 31 heavy (non-hydrogen) atoms. The molecule has 156 valence electrons. The van der Waals surface area contributed by atoms with Crippen LogP contribution in [0.2, 0.25) is 0 Å². The lowest BCUT2D eigenvalue weighted by Gasteiger charge is -2.33. The summed E-state index contributed by atoms with van der Waals surface area (Å²) in [6.45, 7) is 0.854. The van der Waals surface area contributed by atoms with Crippen LogP contribution in [0.15, 0.2) is 71.7 Å². The molecular formula is C25H23FN4O. The number of benzene rings is 3. The van der Waals surface area contributed by atoms with Crippen molar-refractivity contribution in [2.75, 3.05) is 14.1 Å². The Morgan fingerprint density at radius 2 is 1.71 bits per heavy atom. The Hall–Kier alpha value is -3.51.